The zero-order valence-corrected chi connectivity index (χ0v) is 68.5. The Hall–Kier alpha value is -3.55. The van der Waals surface area contributed by atoms with Crippen molar-refractivity contribution < 1.29 is 89.4 Å². The molecule has 1 amide bonds. The highest BCUT2D eigenvalue weighted by Gasteiger charge is 2.54. The molecule has 0 aromatic carbocycles. The van der Waals surface area contributed by atoms with Gasteiger partial charge in [-0.1, -0.05) is 342 Å². The number of nitrogens with one attached hydrogen (secondary N) is 1. The molecule has 3 fully saturated rings. The monoisotopic (exact) mass is 1550 g/mol. The molecule has 0 radical (unpaired) electrons. The quantitative estimate of drug-likeness (QED) is 0.0199. The summed E-state index contributed by atoms with van der Waals surface area (Å²) in [5.74, 6) is -0.283. The predicted octanol–water partition coefficient (Wildman–Crippen LogP) is 16.5. The molecule has 17 atom stereocenters. The summed E-state index contributed by atoms with van der Waals surface area (Å²) >= 11 is 0. The van der Waals surface area contributed by atoms with Crippen LogP contribution in [0.25, 0.3) is 0 Å². The van der Waals surface area contributed by atoms with Crippen LogP contribution in [-0.2, 0) is 33.2 Å². The lowest BCUT2D eigenvalue weighted by molar-refractivity contribution is -0.379. The second-order valence-corrected chi connectivity index (χ2v) is 31.0. The van der Waals surface area contributed by atoms with Crippen LogP contribution in [0.2, 0.25) is 0 Å². The van der Waals surface area contributed by atoms with E-state index >= 15 is 0 Å². The van der Waals surface area contributed by atoms with E-state index in [-0.39, 0.29) is 18.9 Å². The van der Waals surface area contributed by atoms with Gasteiger partial charge in [0.15, 0.2) is 18.9 Å². The molecule has 110 heavy (non-hydrogen) atoms. The minimum Gasteiger partial charge on any atom is -0.394 e. The van der Waals surface area contributed by atoms with E-state index in [1.165, 1.54) is 212 Å². The molecule has 0 bridgehead atoms. The zero-order chi connectivity index (χ0) is 79.5. The first-order valence-corrected chi connectivity index (χ1v) is 44.1. The van der Waals surface area contributed by atoms with Gasteiger partial charge in [-0.2, -0.15) is 0 Å². The van der Waals surface area contributed by atoms with Crippen LogP contribution >= 0.6 is 0 Å². The number of ether oxygens (including phenoxy) is 6. The maximum absolute atomic E-state index is 13.5. The van der Waals surface area contributed by atoms with Crippen molar-refractivity contribution >= 4 is 5.91 Å². The third kappa shape index (κ3) is 48.1. The SMILES string of the molecule is CC/C=C\C/C=C\C/C=C\C/C=C\C/C=C\C/C=C\C/C=C\CCCCCCCCCCCCCCCCCCCCCC(=O)NC(COC1OC(CO)C(OC2OC(CO)C(OC3OC(CO)C(O)C(O)C3O)C(O)C2O)C(O)C1O)C(O)/C=C/CC/C=C/CCCCCCCCCCCCCCCCCCCC. The first kappa shape index (κ1) is 101. The Balaban J connectivity index is 1.32. The molecule has 19 nitrogen and oxygen atoms in total. The molecule has 0 spiro atoms. The van der Waals surface area contributed by atoms with Crippen molar-refractivity contribution in [3.8, 4) is 0 Å². The van der Waals surface area contributed by atoms with E-state index in [2.05, 4.69) is 116 Å². The number of aliphatic hydroxyl groups excluding tert-OH is 11. The molecule has 3 aliphatic heterocycles. The Bertz CT molecular complexity index is 2410. The smallest absolute Gasteiger partial charge is 0.220 e. The van der Waals surface area contributed by atoms with Crippen LogP contribution in [0.15, 0.2) is 109 Å². The number of allylic oxidation sites excluding steroid dienone is 17. The fraction of sp³-hybridized carbons (Fsp3) is 0.791. The lowest BCUT2D eigenvalue weighted by atomic mass is 9.96. The molecule has 3 saturated heterocycles. The Labute approximate surface area is 665 Å². The summed E-state index contributed by atoms with van der Waals surface area (Å²) in [4.78, 5) is 13.5. The van der Waals surface area contributed by atoms with Crippen LogP contribution in [0.3, 0.4) is 0 Å². The van der Waals surface area contributed by atoms with Gasteiger partial charge in [0, 0.05) is 6.42 Å². The summed E-state index contributed by atoms with van der Waals surface area (Å²) in [6.45, 7) is 1.64. The summed E-state index contributed by atoms with van der Waals surface area (Å²) in [7, 11) is 0. The normalized spacial score (nSPS) is 25.7. The van der Waals surface area contributed by atoms with E-state index < -0.39 is 124 Å². The average Bonchev–Trinajstić information content (AvgIpc) is 0.782. The third-order valence-electron chi connectivity index (χ3n) is 21.3. The first-order valence-electron chi connectivity index (χ1n) is 44.1. The van der Waals surface area contributed by atoms with Crippen molar-refractivity contribution in [1.29, 1.82) is 0 Å². The maximum atomic E-state index is 13.5. The number of aliphatic hydroxyl groups is 11. The molecule has 3 aliphatic rings. The second-order valence-electron chi connectivity index (χ2n) is 31.0. The number of unbranched alkanes of at least 4 members (excludes halogenated alkanes) is 38. The minimum absolute atomic E-state index is 0.234. The van der Waals surface area contributed by atoms with Crippen LogP contribution in [0.4, 0.5) is 0 Å². The standard InChI is InChI=1S/C91H159NO18/c1-3-5-7-9-11-13-15-17-19-21-23-25-27-29-30-31-32-33-34-35-36-37-38-39-40-41-42-43-44-45-47-49-51-53-55-57-59-61-63-65-67-69-79(97)92-74(75(96)68-66-64-62-60-58-56-54-52-50-48-46-28-26-24-22-20-18-16-14-12-10-8-6-4-2)73-105-89-85(103)82(100)87(77(71-94)107-89)110-91-86(104)83(101)88(78(72-95)108-91)109-90-84(102)81(99)80(98)76(70-93)106-90/h5,7,11,13,17,19,23,25,29-30,32-33,35-36,58,60,66,68,74-78,80-91,93-96,98-104H,3-4,6,8-10,12,14-16,18,20-22,24,26-28,31,34,37-57,59,61-65,67,69-73H2,1-2H3,(H,92,97)/b7-5-,13-11-,19-17-,25-23-,30-29-,33-32-,36-35-,60-58+,68-66+. The molecule has 0 saturated carbocycles. The molecule has 17 unspecified atom stereocenters. The van der Waals surface area contributed by atoms with Gasteiger partial charge in [0.25, 0.3) is 0 Å². The molecule has 19 heteroatoms. The van der Waals surface area contributed by atoms with Crippen molar-refractivity contribution in [2.24, 2.45) is 0 Å². The molecule has 636 valence electrons. The summed E-state index contributed by atoms with van der Waals surface area (Å²) in [6.07, 6.45) is 70.9. The molecular formula is C91H159NO18. The van der Waals surface area contributed by atoms with E-state index in [9.17, 15) is 61.0 Å². The summed E-state index contributed by atoms with van der Waals surface area (Å²) in [5.41, 5.74) is 0. The lowest BCUT2D eigenvalue weighted by Crippen LogP contribution is -2.66. The van der Waals surface area contributed by atoms with Gasteiger partial charge >= 0.3 is 0 Å². The highest BCUT2D eigenvalue weighted by molar-refractivity contribution is 5.76. The molecular weight excluding hydrogens is 1390 g/mol. The Morgan fingerprint density at radius 2 is 0.636 bits per heavy atom. The van der Waals surface area contributed by atoms with Crippen molar-refractivity contribution in [2.75, 3.05) is 26.4 Å². The maximum Gasteiger partial charge on any atom is 0.220 e. The van der Waals surface area contributed by atoms with Gasteiger partial charge in [-0.05, 0) is 89.9 Å². The summed E-state index contributed by atoms with van der Waals surface area (Å²) in [6, 6.07) is -0.996. The van der Waals surface area contributed by atoms with E-state index in [0.29, 0.717) is 12.8 Å². The number of hydrogen-bond acceptors (Lipinski definition) is 18. The number of carbonyl (C=O) groups excluding carboxylic acids is 1. The summed E-state index contributed by atoms with van der Waals surface area (Å²) < 4.78 is 34.5. The average molecular weight is 1560 g/mol. The number of carbonyl (C=O) groups is 1. The van der Waals surface area contributed by atoms with Gasteiger partial charge in [-0.15, -0.1) is 0 Å². The minimum atomic E-state index is -1.98. The van der Waals surface area contributed by atoms with Gasteiger partial charge in [-0.25, -0.2) is 0 Å². The van der Waals surface area contributed by atoms with Crippen molar-refractivity contribution in [3.63, 3.8) is 0 Å². The predicted molar refractivity (Wildman–Crippen MR) is 443 cm³/mol. The van der Waals surface area contributed by atoms with E-state index in [1.807, 2.05) is 6.08 Å². The molecule has 3 rings (SSSR count). The highest BCUT2D eigenvalue weighted by atomic mass is 16.8. The van der Waals surface area contributed by atoms with E-state index in [1.54, 1.807) is 6.08 Å². The van der Waals surface area contributed by atoms with Crippen LogP contribution in [0, 0.1) is 0 Å². The molecule has 0 aromatic rings. The fourth-order valence-corrected chi connectivity index (χ4v) is 14.3. The van der Waals surface area contributed by atoms with Gasteiger partial charge in [0.1, 0.15) is 73.2 Å². The van der Waals surface area contributed by atoms with E-state index in [0.717, 1.165) is 83.5 Å². The Morgan fingerprint density at radius 3 is 1.02 bits per heavy atom. The van der Waals surface area contributed by atoms with Crippen LogP contribution < -0.4 is 5.32 Å². The van der Waals surface area contributed by atoms with Gasteiger partial charge < -0.3 is 89.9 Å². The third-order valence-corrected chi connectivity index (χ3v) is 21.3. The Morgan fingerprint density at radius 1 is 0.336 bits per heavy atom. The molecule has 12 N–H and O–H groups in total. The Kier molecular flexibility index (Phi) is 63.8. The lowest BCUT2D eigenvalue weighted by Gasteiger charge is -2.48. The number of rotatable bonds is 70. The van der Waals surface area contributed by atoms with Gasteiger partial charge in [-0.3, -0.25) is 4.79 Å². The topological polar surface area (TPSA) is 307 Å². The van der Waals surface area contributed by atoms with Crippen molar-refractivity contribution in [2.45, 2.75) is 433 Å². The summed E-state index contributed by atoms with van der Waals surface area (Å²) in [5, 5.41) is 121. The molecule has 3 heterocycles. The number of amides is 1. The second kappa shape index (κ2) is 69.7. The van der Waals surface area contributed by atoms with Gasteiger partial charge in [0.05, 0.1) is 38.6 Å². The molecule has 0 aromatic heterocycles. The van der Waals surface area contributed by atoms with Crippen LogP contribution in [-0.4, -0.2) is 193 Å². The zero-order valence-electron chi connectivity index (χ0n) is 68.5. The van der Waals surface area contributed by atoms with E-state index in [4.69, 9.17) is 28.4 Å². The highest BCUT2D eigenvalue weighted by Crippen LogP contribution is 2.33. The largest absolute Gasteiger partial charge is 0.394 e. The van der Waals surface area contributed by atoms with Crippen molar-refractivity contribution in [1.82, 2.24) is 5.32 Å². The fourth-order valence-electron chi connectivity index (χ4n) is 14.3. The van der Waals surface area contributed by atoms with Gasteiger partial charge in [0.2, 0.25) is 5.91 Å². The number of hydrogen-bond donors (Lipinski definition) is 12. The first-order chi connectivity index (χ1) is 53.8. The molecule has 0 aliphatic carbocycles. The van der Waals surface area contributed by atoms with Crippen LogP contribution in [0.5, 0.6) is 0 Å². The van der Waals surface area contributed by atoms with Crippen LogP contribution in [0.1, 0.15) is 328 Å². The van der Waals surface area contributed by atoms with Crippen molar-refractivity contribution in [3.05, 3.63) is 109 Å².